The zero-order valence-electron chi connectivity index (χ0n) is 22.6. The third-order valence-electron chi connectivity index (χ3n) is 7.16. The lowest BCUT2D eigenvalue weighted by atomic mass is 10.0. The zero-order chi connectivity index (χ0) is 27.8. The van der Waals surface area contributed by atoms with Gasteiger partial charge in [0.15, 0.2) is 6.73 Å². The monoisotopic (exact) mass is 594 g/mol. The Hall–Kier alpha value is -2.25. The molecular weight excluding hydrogens is 558 g/mol. The summed E-state index contributed by atoms with van der Waals surface area (Å²) >= 11 is 12.6. The van der Waals surface area contributed by atoms with Gasteiger partial charge >= 0.3 is 6.09 Å². The molecule has 2 aliphatic rings. The number of hydrogen-bond acceptors (Lipinski definition) is 6. The van der Waals surface area contributed by atoms with Gasteiger partial charge in [-0.05, 0) is 71.9 Å². The number of amides is 2. The molecule has 11 heteroatoms. The Balaban J connectivity index is 1.21. The van der Waals surface area contributed by atoms with Crippen molar-refractivity contribution in [1.82, 2.24) is 9.57 Å². The Labute approximate surface area is 242 Å². The number of rotatable bonds is 11. The van der Waals surface area contributed by atoms with Gasteiger partial charge in [-0.15, -0.1) is 0 Å². The SMILES string of the molecule is CCN(PC)C(=O)OCN1C(=O)CCc2ccc(OCCCCN3CCN(c4cccc(Cl)c4Cl)CC3)cc21. The van der Waals surface area contributed by atoms with Crippen LogP contribution in [0.25, 0.3) is 0 Å². The number of carbonyl (C=O) groups excluding carboxylic acids is 2. The predicted molar refractivity (Wildman–Crippen MR) is 160 cm³/mol. The highest BCUT2D eigenvalue weighted by Crippen LogP contribution is 2.33. The van der Waals surface area contributed by atoms with Crippen LogP contribution in [0.5, 0.6) is 5.75 Å². The molecule has 212 valence electrons. The van der Waals surface area contributed by atoms with Crippen molar-refractivity contribution in [2.75, 3.05) is 69.1 Å². The number of nitrogens with zero attached hydrogens (tertiary/aromatic N) is 4. The minimum absolute atomic E-state index is 0.0489. The Bertz CT molecular complexity index is 1140. The summed E-state index contributed by atoms with van der Waals surface area (Å²) in [5, 5.41) is 1.22. The third-order valence-corrected chi connectivity index (χ3v) is 9.01. The Morgan fingerprint density at radius 2 is 1.85 bits per heavy atom. The number of ether oxygens (including phenoxy) is 2. The van der Waals surface area contributed by atoms with E-state index in [0.29, 0.717) is 44.8 Å². The van der Waals surface area contributed by atoms with Crippen molar-refractivity contribution in [2.45, 2.75) is 32.6 Å². The lowest BCUT2D eigenvalue weighted by Crippen LogP contribution is -2.46. The second-order valence-electron chi connectivity index (χ2n) is 9.58. The summed E-state index contributed by atoms with van der Waals surface area (Å²) in [5.74, 6) is 0.671. The van der Waals surface area contributed by atoms with Gasteiger partial charge < -0.3 is 14.4 Å². The number of fused-ring (bicyclic) bond motifs is 1. The Morgan fingerprint density at radius 1 is 1.05 bits per heavy atom. The smallest absolute Gasteiger partial charge is 0.414 e. The molecule has 0 N–H and O–H groups in total. The topological polar surface area (TPSA) is 65.6 Å². The summed E-state index contributed by atoms with van der Waals surface area (Å²) in [4.78, 5) is 31.2. The highest BCUT2D eigenvalue weighted by molar-refractivity contribution is 7.35. The molecule has 0 saturated carbocycles. The van der Waals surface area contributed by atoms with Crippen LogP contribution in [-0.4, -0.2) is 80.8 Å². The van der Waals surface area contributed by atoms with E-state index in [1.165, 1.54) is 0 Å². The molecule has 2 aromatic carbocycles. The van der Waals surface area contributed by atoms with Crippen molar-refractivity contribution in [3.8, 4) is 5.75 Å². The van der Waals surface area contributed by atoms with Crippen LogP contribution >= 0.6 is 31.9 Å². The number of aryl methyl sites for hydroxylation is 1. The van der Waals surface area contributed by atoms with E-state index in [-0.39, 0.29) is 12.6 Å². The molecule has 8 nitrogen and oxygen atoms in total. The zero-order valence-corrected chi connectivity index (χ0v) is 25.1. The molecule has 1 saturated heterocycles. The number of carbonyl (C=O) groups is 2. The van der Waals surface area contributed by atoms with E-state index in [0.717, 1.165) is 68.3 Å². The number of unbranched alkanes of at least 4 members (excludes halogenated alkanes) is 1. The van der Waals surface area contributed by atoms with E-state index in [1.54, 1.807) is 9.57 Å². The molecule has 4 rings (SSSR count). The maximum atomic E-state index is 12.6. The van der Waals surface area contributed by atoms with Crippen molar-refractivity contribution in [3.63, 3.8) is 0 Å². The minimum atomic E-state index is -0.402. The van der Waals surface area contributed by atoms with Crippen LogP contribution in [0.3, 0.4) is 0 Å². The van der Waals surface area contributed by atoms with Gasteiger partial charge in [-0.2, -0.15) is 0 Å². The molecule has 0 bridgehead atoms. The second-order valence-corrected chi connectivity index (χ2v) is 11.3. The van der Waals surface area contributed by atoms with Crippen molar-refractivity contribution >= 4 is 55.3 Å². The fourth-order valence-corrected chi connectivity index (χ4v) is 5.88. The standard InChI is InChI=1S/C28H37Cl2N4O4P/c1-3-34(39-2)28(36)38-20-33-25-19-22(11-9-21(25)10-12-26(33)35)37-18-5-4-13-31-14-16-32(17-15-31)24-8-6-7-23(29)27(24)30/h6-9,11,19,39H,3-5,10,12-18,20H2,1-2H3. The van der Waals surface area contributed by atoms with Crippen LogP contribution in [0, 0.1) is 0 Å². The largest absolute Gasteiger partial charge is 0.494 e. The third kappa shape index (κ3) is 7.69. The molecule has 1 unspecified atom stereocenters. The summed E-state index contributed by atoms with van der Waals surface area (Å²) < 4.78 is 13.1. The quantitative estimate of drug-likeness (QED) is 0.239. The van der Waals surface area contributed by atoms with Gasteiger partial charge in [0, 0.05) is 45.2 Å². The molecule has 1 atom stereocenters. The number of hydrogen-bond donors (Lipinski definition) is 0. The van der Waals surface area contributed by atoms with Gasteiger partial charge in [0.05, 0.1) is 28.0 Å². The van der Waals surface area contributed by atoms with Crippen LogP contribution in [0.2, 0.25) is 10.0 Å². The fraction of sp³-hybridized carbons (Fsp3) is 0.500. The summed E-state index contributed by atoms with van der Waals surface area (Å²) in [5.41, 5.74) is 2.82. The molecule has 0 radical (unpaired) electrons. The van der Waals surface area contributed by atoms with Gasteiger partial charge in [-0.25, -0.2) is 4.79 Å². The van der Waals surface area contributed by atoms with Crippen molar-refractivity contribution < 1.29 is 19.1 Å². The first-order chi connectivity index (χ1) is 18.9. The molecule has 2 aliphatic heterocycles. The molecule has 0 aromatic heterocycles. The lowest BCUT2D eigenvalue weighted by molar-refractivity contribution is -0.119. The average molecular weight is 596 g/mol. The molecular formula is C28H37Cl2N4O4P. The van der Waals surface area contributed by atoms with Gasteiger partial charge in [-0.3, -0.25) is 19.3 Å². The van der Waals surface area contributed by atoms with Crippen LogP contribution < -0.4 is 14.5 Å². The van der Waals surface area contributed by atoms with E-state index in [1.807, 2.05) is 50.0 Å². The molecule has 0 spiro atoms. The highest BCUT2D eigenvalue weighted by Gasteiger charge is 2.26. The maximum Gasteiger partial charge on any atom is 0.414 e. The summed E-state index contributed by atoms with van der Waals surface area (Å²) in [6, 6.07) is 11.6. The van der Waals surface area contributed by atoms with E-state index in [9.17, 15) is 9.59 Å². The molecule has 2 aromatic rings. The fourth-order valence-electron chi connectivity index (χ4n) is 4.90. The lowest BCUT2D eigenvalue weighted by Gasteiger charge is -2.36. The molecule has 0 aliphatic carbocycles. The van der Waals surface area contributed by atoms with E-state index < -0.39 is 6.09 Å². The highest BCUT2D eigenvalue weighted by atomic mass is 35.5. The second kappa shape index (κ2) is 14.4. The Kier molecular flexibility index (Phi) is 11.0. The number of piperazine rings is 1. The van der Waals surface area contributed by atoms with Crippen LogP contribution in [0.4, 0.5) is 16.2 Å². The molecule has 2 amide bonds. The van der Waals surface area contributed by atoms with Crippen LogP contribution in [-0.2, 0) is 16.0 Å². The van der Waals surface area contributed by atoms with Crippen LogP contribution in [0.15, 0.2) is 36.4 Å². The Morgan fingerprint density at radius 3 is 2.59 bits per heavy atom. The van der Waals surface area contributed by atoms with Gasteiger partial charge in [0.1, 0.15) is 5.75 Å². The maximum absolute atomic E-state index is 12.6. The number of anilines is 2. The predicted octanol–water partition coefficient (Wildman–Crippen LogP) is 5.89. The number of halogens is 2. The first-order valence-corrected chi connectivity index (χ1v) is 15.7. The van der Waals surface area contributed by atoms with Gasteiger partial charge in [0.2, 0.25) is 5.91 Å². The van der Waals surface area contributed by atoms with Crippen molar-refractivity contribution in [2.24, 2.45) is 0 Å². The average Bonchev–Trinajstić information content (AvgIpc) is 2.95. The minimum Gasteiger partial charge on any atom is -0.494 e. The van der Waals surface area contributed by atoms with Gasteiger partial charge in [0.25, 0.3) is 0 Å². The first kappa shape index (κ1) is 29.7. The van der Waals surface area contributed by atoms with Crippen molar-refractivity contribution in [3.05, 3.63) is 52.0 Å². The van der Waals surface area contributed by atoms with E-state index >= 15 is 0 Å². The van der Waals surface area contributed by atoms with Crippen LogP contribution in [0.1, 0.15) is 31.7 Å². The number of benzene rings is 2. The molecule has 39 heavy (non-hydrogen) atoms. The summed E-state index contributed by atoms with van der Waals surface area (Å²) in [6.07, 6.45) is 2.64. The normalized spacial score (nSPS) is 16.1. The molecule has 2 heterocycles. The van der Waals surface area contributed by atoms with E-state index in [4.69, 9.17) is 32.7 Å². The van der Waals surface area contributed by atoms with E-state index in [2.05, 4.69) is 9.80 Å². The first-order valence-electron chi connectivity index (χ1n) is 13.5. The molecule has 1 fully saturated rings. The van der Waals surface area contributed by atoms with Gasteiger partial charge in [-0.1, -0.05) is 35.3 Å². The summed E-state index contributed by atoms with van der Waals surface area (Å²) in [7, 11) is 0.316. The summed E-state index contributed by atoms with van der Waals surface area (Å²) in [6.45, 7) is 9.74. The van der Waals surface area contributed by atoms with Crippen molar-refractivity contribution in [1.29, 1.82) is 0 Å².